The predicted molar refractivity (Wildman–Crippen MR) is 123 cm³/mol. The molecule has 2 heterocycles. The van der Waals surface area contributed by atoms with Crippen LogP contribution in [0.4, 0.5) is 20.3 Å². The molecule has 0 bridgehead atoms. The molecule has 1 aliphatic carbocycles. The molecule has 3 N–H and O–H groups in total. The van der Waals surface area contributed by atoms with E-state index in [1.165, 1.54) is 18.3 Å². The van der Waals surface area contributed by atoms with Crippen molar-refractivity contribution >= 4 is 34.2 Å². The molecule has 5 rings (SSSR count). The first kappa shape index (κ1) is 21.6. The Balaban J connectivity index is 1.26. The van der Waals surface area contributed by atoms with Crippen LogP contribution in [0.1, 0.15) is 18.5 Å². The van der Waals surface area contributed by atoms with Crippen molar-refractivity contribution < 1.29 is 23.1 Å². The Kier molecular flexibility index (Phi) is 5.67. The third-order valence-corrected chi connectivity index (χ3v) is 5.39. The number of amides is 2. The van der Waals surface area contributed by atoms with E-state index in [9.17, 15) is 18.4 Å². The fraction of sp³-hybridized carbons (Fsp3) is 0.160. The van der Waals surface area contributed by atoms with Gasteiger partial charge < -0.3 is 20.4 Å². The number of nitrogens with one attached hydrogen (secondary N) is 3. The third-order valence-electron chi connectivity index (χ3n) is 5.39. The van der Waals surface area contributed by atoms with Crippen molar-refractivity contribution in [3.8, 4) is 11.5 Å². The molecule has 172 valence electrons. The van der Waals surface area contributed by atoms with Crippen molar-refractivity contribution in [1.29, 1.82) is 0 Å². The topological polar surface area (TPSA) is 96.1 Å². The smallest absolute Gasteiger partial charge is 0.230 e. The summed E-state index contributed by atoms with van der Waals surface area (Å²) in [5.41, 5.74) is 1.25. The molecular weight excluding hydrogens is 442 g/mol. The van der Waals surface area contributed by atoms with Crippen molar-refractivity contribution in [2.45, 2.75) is 19.3 Å². The van der Waals surface area contributed by atoms with Crippen molar-refractivity contribution in [3.63, 3.8) is 0 Å². The van der Waals surface area contributed by atoms with Gasteiger partial charge in [0, 0.05) is 41.5 Å². The molecule has 9 heteroatoms. The van der Waals surface area contributed by atoms with Crippen molar-refractivity contribution in [3.05, 3.63) is 78.1 Å². The number of fused-ring (bicyclic) bond motifs is 1. The number of aromatic nitrogens is 2. The fourth-order valence-corrected chi connectivity index (χ4v) is 3.54. The zero-order chi connectivity index (χ0) is 23.7. The molecule has 0 unspecified atom stereocenters. The van der Waals surface area contributed by atoms with Gasteiger partial charge in [0.05, 0.1) is 12.1 Å². The number of hydrogen-bond acceptors (Lipinski definition) is 4. The average Bonchev–Trinajstić information content (AvgIpc) is 3.57. The monoisotopic (exact) mass is 462 g/mol. The largest absolute Gasteiger partial charge is 0.454 e. The second-order valence-corrected chi connectivity index (χ2v) is 8.11. The van der Waals surface area contributed by atoms with Crippen LogP contribution in [0.15, 0.2) is 60.8 Å². The maximum absolute atomic E-state index is 14.6. The molecule has 1 saturated carbocycles. The Hall–Kier alpha value is -4.27. The molecule has 4 aromatic rings. The molecule has 7 nitrogen and oxygen atoms in total. The van der Waals surface area contributed by atoms with Crippen LogP contribution in [-0.4, -0.2) is 21.8 Å². The first-order valence-electron chi connectivity index (χ1n) is 10.7. The highest BCUT2D eigenvalue weighted by molar-refractivity contribution is 5.94. The second kappa shape index (κ2) is 8.93. The summed E-state index contributed by atoms with van der Waals surface area (Å²) >= 11 is 0. The van der Waals surface area contributed by atoms with Gasteiger partial charge in [0.1, 0.15) is 11.6 Å². The molecule has 0 spiro atoms. The lowest BCUT2D eigenvalue weighted by Crippen LogP contribution is -2.16. The Bertz CT molecular complexity index is 1370. The molecule has 1 aliphatic rings. The van der Waals surface area contributed by atoms with Crippen LogP contribution in [0.5, 0.6) is 11.5 Å². The van der Waals surface area contributed by atoms with Gasteiger partial charge in [0.2, 0.25) is 11.8 Å². The highest BCUT2D eigenvalue weighted by Crippen LogP contribution is 2.32. The number of halogens is 2. The van der Waals surface area contributed by atoms with Gasteiger partial charge in [-0.15, -0.1) is 0 Å². The highest BCUT2D eigenvalue weighted by atomic mass is 19.1. The van der Waals surface area contributed by atoms with Crippen LogP contribution in [0, 0.1) is 17.6 Å². The van der Waals surface area contributed by atoms with Crippen LogP contribution in [0.2, 0.25) is 0 Å². The number of benzene rings is 2. The number of carbonyl (C=O) groups excluding carboxylic acids is 2. The van der Waals surface area contributed by atoms with Gasteiger partial charge in [-0.25, -0.2) is 13.8 Å². The van der Waals surface area contributed by atoms with E-state index in [2.05, 4.69) is 20.6 Å². The number of hydrogen-bond donors (Lipinski definition) is 3. The standard InChI is InChI=1S/C25H20F2N4O3/c26-18-13-22(34-17-7-8-28-23(11-17)31-25(33)14-5-6-14)19(27)12-21(18)30-24(32)10-16-9-15-3-1-2-4-20(15)29-16/h1-4,7-9,11-14,29H,5-6,10H2,(H,30,32)(H,28,31,33). The third kappa shape index (κ3) is 4.88. The molecule has 2 aromatic carbocycles. The van der Waals surface area contributed by atoms with Crippen LogP contribution in [0.25, 0.3) is 10.9 Å². The van der Waals surface area contributed by atoms with E-state index in [-0.39, 0.29) is 41.3 Å². The molecule has 0 radical (unpaired) electrons. The number of H-pyrrole nitrogens is 1. The molecule has 1 fully saturated rings. The summed E-state index contributed by atoms with van der Waals surface area (Å²) < 4.78 is 34.7. The Morgan fingerprint density at radius 2 is 1.85 bits per heavy atom. The van der Waals surface area contributed by atoms with Crippen LogP contribution < -0.4 is 15.4 Å². The number of anilines is 2. The van der Waals surface area contributed by atoms with Gasteiger partial charge >= 0.3 is 0 Å². The Labute approximate surface area is 193 Å². The minimum Gasteiger partial charge on any atom is -0.454 e. The zero-order valence-corrected chi connectivity index (χ0v) is 17.9. The molecule has 0 atom stereocenters. The fourth-order valence-electron chi connectivity index (χ4n) is 3.54. The molecular formula is C25H20F2N4O3. The Morgan fingerprint density at radius 1 is 1.03 bits per heavy atom. The van der Waals surface area contributed by atoms with Gasteiger partial charge in [-0.2, -0.15) is 0 Å². The van der Waals surface area contributed by atoms with Crippen molar-refractivity contribution in [1.82, 2.24) is 9.97 Å². The second-order valence-electron chi connectivity index (χ2n) is 8.11. The lowest BCUT2D eigenvalue weighted by atomic mass is 10.2. The van der Waals surface area contributed by atoms with Gasteiger partial charge in [0.15, 0.2) is 17.4 Å². The van der Waals surface area contributed by atoms with E-state index in [0.29, 0.717) is 5.69 Å². The number of carbonyl (C=O) groups is 2. The van der Waals surface area contributed by atoms with E-state index in [4.69, 9.17) is 4.74 Å². The van der Waals surface area contributed by atoms with Crippen LogP contribution in [0.3, 0.4) is 0 Å². The summed E-state index contributed by atoms with van der Waals surface area (Å²) in [5, 5.41) is 6.02. The lowest BCUT2D eigenvalue weighted by molar-refractivity contribution is -0.117. The SMILES string of the molecule is O=C(Cc1cc2ccccc2[nH]1)Nc1cc(F)c(Oc2ccnc(NC(=O)C3CC3)c2)cc1F. The summed E-state index contributed by atoms with van der Waals surface area (Å²) in [6.07, 6.45) is 3.05. The van der Waals surface area contributed by atoms with Crippen molar-refractivity contribution in [2.75, 3.05) is 10.6 Å². The van der Waals surface area contributed by atoms with Crippen LogP contribution in [-0.2, 0) is 16.0 Å². The number of nitrogens with zero attached hydrogens (tertiary/aromatic N) is 1. The molecule has 2 amide bonds. The number of pyridine rings is 1. The minimum absolute atomic E-state index is 0.00303. The van der Waals surface area contributed by atoms with Crippen LogP contribution >= 0.6 is 0 Å². The van der Waals surface area contributed by atoms with E-state index < -0.39 is 17.5 Å². The summed E-state index contributed by atoms with van der Waals surface area (Å²) in [4.78, 5) is 31.4. The maximum Gasteiger partial charge on any atom is 0.230 e. The quantitative estimate of drug-likeness (QED) is 0.353. The average molecular weight is 462 g/mol. The number of ether oxygens (including phenoxy) is 1. The minimum atomic E-state index is -0.859. The normalized spacial score (nSPS) is 13.0. The number of para-hydroxylation sites is 1. The van der Waals surface area contributed by atoms with Crippen molar-refractivity contribution in [2.24, 2.45) is 5.92 Å². The summed E-state index contributed by atoms with van der Waals surface area (Å²) in [5.74, 6) is -2.27. The van der Waals surface area contributed by atoms with E-state index >= 15 is 0 Å². The highest BCUT2D eigenvalue weighted by Gasteiger charge is 2.29. The Morgan fingerprint density at radius 3 is 2.65 bits per heavy atom. The predicted octanol–water partition coefficient (Wildman–Crippen LogP) is 5.16. The summed E-state index contributed by atoms with van der Waals surface area (Å²) in [6.45, 7) is 0. The van der Waals surface area contributed by atoms with E-state index in [1.807, 2.05) is 30.3 Å². The van der Waals surface area contributed by atoms with E-state index in [1.54, 1.807) is 0 Å². The zero-order valence-electron chi connectivity index (χ0n) is 17.9. The molecule has 34 heavy (non-hydrogen) atoms. The first-order valence-corrected chi connectivity index (χ1v) is 10.7. The summed E-state index contributed by atoms with van der Waals surface area (Å²) in [7, 11) is 0. The molecule has 0 saturated heterocycles. The number of rotatable bonds is 7. The van der Waals surface area contributed by atoms with Gasteiger partial charge in [-0.1, -0.05) is 18.2 Å². The first-order chi connectivity index (χ1) is 16.4. The van der Waals surface area contributed by atoms with Gasteiger partial charge in [0.25, 0.3) is 0 Å². The molecule has 2 aromatic heterocycles. The maximum atomic E-state index is 14.6. The van der Waals surface area contributed by atoms with E-state index in [0.717, 1.165) is 35.9 Å². The summed E-state index contributed by atoms with van der Waals surface area (Å²) in [6, 6.07) is 14.0. The van der Waals surface area contributed by atoms with Gasteiger partial charge in [-0.3, -0.25) is 9.59 Å². The lowest BCUT2D eigenvalue weighted by Gasteiger charge is -2.11. The number of aromatic amines is 1. The molecule has 0 aliphatic heterocycles. The van der Waals surface area contributed by atoms with Gasteiger partial charge in [-0.05, 0) is 36.4 Å².